The Bertz CT molecular complexity index is 957. The van der Waals surface area contributed by atoms with Gasteiger partial charge in [0.2, 0.25) is 5.91 Å². The fraction of sp³-hybridized carbons (Fsp3) is 0.182. The maximum Gasteiger partial charge on any atom is 0.276 e. The number of ether oxygens (including phenoxy) is 1. The van der Waals surface area contributed by atoms with Gasteiger partial charge in [-0.1, -0.05) is 48.5 Å². The van der Waals surface area contributed by atoms with E-state index in [9.17, 15) is 9.59 Å². The molecular weight excluding hydrogens is 340 g/mol. The van der Waals surface area contributed by atoms with Crippen LogP contribution in [-0.2, 0) is 16.0 Å². The van der Waals surface area contributed by atoms with Crippen molar-refractivity contribution >= 4 is 22.6 Å². The number of carbonyl (C=O) groups is 2. The predicted molar refractivity (Wildman–Crippen MR) is 105 cm³/mol. The highest BCUT2D eigenvalue weighted by atomic mass is 16.5. The number of rotatable bonds is 5. The molecule has 27 heavy (non-hydrogen) atoms. The van der Waals surface area contributed by atoms with E-state index < -0.39 is 5.91 Å². The number of hydrazine groups is 1. The van der Waals surface area contributed by atoms with Gasteiger partial charge in [0, 0.05) is 0 Å². The third-order valence-corrected chi connectivity index (χ3v) is 4.14. The second kappa shape index (κ2) is 8.36. The summed E-state index contributed by atoms with van der Waals surface area (Å²) >= 11 is 0. The lowest BCUT2D eigenvalue weighted by Gasteiger charge is -2.11. The summed E-state index contributed by atoms with van der Waals surface area (Å²) in [5.41, 5.74) is 7.86. The first kappa shape index (κ1) is 18.5. The van der Waals surface area contributed by atoms with Crippen LogP contribution in [0.2, 0.25) is 0 Å². The molecule has 0 aliphatic heterocycles. The normalized spacial score (nSPS) is 10.4. The number of hydrogen-bond donors (Lipinski definition) is 2. The summed E-state index contributed by atoms with van der Waals surface area (Å²) in [4.78, 5) is 24.1. The van der Waals surface area contributed by atoms with Crippen molar-refractivity contribution in [1.82, 2.24) is 10.9 Å². The second-order valence-corrected chi connectivity index (χ2v) is 6.52. The number of hydrogen-bond acceptors (Lipinski definition) is 3. The number of carbonyl (C=O) groups excluding carboxylic acids is 2. The SMILES string of the molecule is Cc1cc(C)cc(OCC(=O)NNC(=O)Cc2cccc3ccccc23)c1. The van der Waals surface area contributed by atoms with Crippen molar-refractivity contribution in [3.8, 4) is 5.75 Å². The van der Waals surface area contributed by atoms with Crippen LogP contribution in [0.4, 0.5) is 0 Å². The molecule has 5 nitrogen and oxygen atoms in total. The Balaban J connectivity index is 1.50. The summed E-state index contributed by atoms with van der Waals surface area (Å²) in [5, 5.41) is 2.10. The minimum absolute atomic E-state index is 0.169. The lowest BCUT2D eigenvalue weighted by molar-refractivity contribution is -0.129. The number of benzene rings is 3. The standard InChI is InChI=1S/C22H22N2O3/c1-15-10-16(2)12-19(11-15)27-14-22(26)24-23-21(25)13-18-8-5-7-17-6-3-4-9-20(17)18/h3-12H,13-14H2,1-2H3,(H,23,25)(H,24,26). The van der Waals surface area contributed by atoms with Crippen LogP contribution in [0.5, 0.6) is 5.75 Å². The van der Waals surface area contributed by atoms with Crippen LogP contribution in [0.25, 0.3) is 10.8 Å². The molecule has 2 N–H and O–H groups in total. The predicted octanol–water partition coefficient (Wildman–Crippen LogP) is 3.23. The zero-order valence-electron chi connectivity index (χ0n) is 15.4. The van der Waals surface area contributed by atoms with Gasteiger partial charge in [-0.25, -0.2) is 0 Å². The van der Waals surface area contributed by atoms with E-state index in [1.807, 2.05) is 74.5 Å². The van der Waals surface area contributed by atoms with Crippen molar-refractivity contribution in [2.75, 3.05) is 6.61 Å². The molecule has 0 unspecified atom stereocenters. The fourth-order valence-corrected chi connectivity index (χ4v) is 3.00. The zero-order chi connectivity index (χ0) is 19.2. The number of amides is 2. The summed E-state index contributed by atoms with van der Waals surface area (Å²) < 4.78 is 5.47. The highest BCUT2D eigenvalue weighted by Crippen LogP contribution is 2.19. The highest BCUT2D eigenvalue weighted by molar-refractivity contribution is 5.91. The van der Waals surface area contributed by atoms with E-state index >= 15 is 0 Å². The molecule has 3 aromatic rings. The smallest absolute Gasteiger partial charge is 0.276 e. The average Bonchev–Trinajstić information content (AvgIpc) is 2.64. The first-order valence-electron chi connectivity index (χ1n) is 8.77. The highest BCUT2D eigenvalue weighted by Gasteiger charge is 2.09. The summed E-state index contributed by atoms with van der Waals surface area (Å²) in [5.74, 6) is -0.0729. The molecule has 3 aromatic carbocycles. The molecule has 0 fully saturated rings. The van der Waals surface area contributed by atoms with Crippen LogP contribution in [-0.4, -0.2) is 18.4 Å². The molecular formula is C22H22N2O3. The largest absolute Gasteiger partial charge is 0.484 e. The number of nitrogens with one attached hydrogen (secondary N) is 2. The van der Waals surface area contributed by atoms with Gasteiger partial charge in [-0.3, -0.25) is 20.4 Å². The average molecular weight is 362 g/mol. The van der Waals surface area contributed by atoms with E-state index in [1.54, 1.807) is 0 Å². The van der Waals surface area contributed by atoms with Crippen LogP contribution in [0.1, 0.15) is 16.7 Å². The van der Waals surface area contributed by atoms with Crippen molar-refractivity contribution in [1.29, 1.82) is 0 Å². The van der Waals surface area contributed by atoms with E-state index in [2.05, 4.69) is 10.9 Å². The van der Waals surface area contributed by atoms with E-state index in [1.165, 1.54) is 0 Å². The van der Waals surface area contributed by atoms with Crippen LogP contribution in [0.15, 0.2) is 60.7 Å². The number of aryl methyl sites for hydroxylation is 2. The van der Waals surface area contributed by atoms with E-state index in [0.717, 1.165) is 27.5 Å². The van der Waals surface area contributed by atoms with Gasteiger partial charge in [0.05, 0.1) is 6.42 Å². The minimum atomic E-state index is -0.416. The molecule has 0 bridgehead atoms. The molecule has 0 aromatic heterocycles. The van der Waals surface area contributed by atoms with Crippen LogP contribution < -0.4 is 15.6 Å². The first-order chi connectivity index (χ1) is 13.0. The van der Waals surface area contributed by atoms with E-state index in [4.69, 9.17) is 4.74 Å². The Kier molecular flexibility index (Phi) is 5.71. The third-order valence-electron chi connectivity index (χ3n) is 4.14. The fourth-order valence-electron chi connectivity index (χ4n) is 3.00. The van der Waals surface area contributed by atoms with Crippen LogP contribution in [0, 0.1) is 13.8 Å². The molecule has 138 valence electrons. The van der Waals surface area contributed by atoms with Gasteiger partial charge in [0.15, 0.2) is 6.61 Å². The lowest BCUT2D eigenvalue weighted by atomic mass is 10.0. The molecule has 2 amide bonds. The summed E-state index contributed by atoms with van der Waals surface area (Å²) in [6.45, 7) is 3.76. The van der Waals surface area contributed by atoms with Crippen LogP contribution >= 0.6 is 0 Å². The molecule has 0 spiro atoms. The van der Waals surface area contributed by atoms with Crippen molar-refractivity contribution < 1.29 is 14.3 Å². The van der Waals surface area contributed by atoms with Crippen molar-refractivity contribution in [2.24, 2.45) is 0 Å². The van der Waals surface area contributed by atoms with Gasteiger partial charge in [-0.05, 0) is 53.4 Å². The zero-order valence-corrected chi connectivity index (χ0v) is 15.4. The third kappa shape index (κ3) is 5.07. The molecule has 0 heterocycles. The molecule has 5 heteroatoms. The Morgan fingerprint density at radius 1 is 0.852 bits per heavy atom. The Labute approximate surface area is 158 Å². The van der Waals surface area contributed by atoms with E-state index in [0.29, 0.717) is 5.75 Å². The maximum atomic E-state index is 12.2. The van der Waals surface area contributed by atoms with Gasteiger partial charge < -0.3 is 4.74 Å². The minimum Gasteiger partial charge on any atom is -0.484 e. The summed E-state index contributed by atoms with van der Waals surface area (Å²) in [6.07, 6.45) is 0.180. The summed E-state index contributed by atoms with van der Waals surface area (Å²) in [7, 11) is 0. The summed E-state index contributed by atoms with van der Waals surface area (Å²) in [6, 6.07) is 19.5. The monoisotopic (exact) mass is 362 g/mol. The van der Waals surface area contributed by atoms with Crippen LogP contribution in [0.3, 0.4) is 0 Å². The Hall–Kier alpha value is -3.34. The van der Waals surface area contributed by atoms with Gasteiger partial charge in [-0.15, -0.1) is 0 Å². The molecule has 0 aliphatic carbocycles. The van der Waals surface area contributed by atoms with Gasteiger partial charge in [0.1, 0.15) is 5.75 Å². The van der Waals surface area contributed by atoms with Gasteiger partial charge in [0.25, 0.3) is 5.91 Å². The second-order valence-electron chi connectivity index (χ2n) is 6.52. The molecule has 0 radical (unpaired) electrons. The van der Waals surface area contributed by atoms with Gasteiger partial charge >= 0.3 is 0 Å². The lowest BCUT2D eigenvalue weighted by Crippen LogP contribution is -2.44. The quantitative estimate of drug-likeness (QED) is 0.685. The van der Waals surface area contributed by atoms with Crippen molar-refractivity contribution in [3.05, 3.63) is 77.4 Å². The van der Waals surface area contributed by atoms with Crippen molar-refractivity contribution in [3.63, 3.8) is 0 Å². The maximum absolute atomic E-state index is 12.2. The molecule has 0 aliphatic rings. The Morgan fingerprint density at radius 3 is 2.30 bits per heavy atom. The van der Waals surface area contributed by atoms with E-state index in [-0.39, 0.29) is 18.9 Å². The van der Waals surface area contributed by atoms with Gasteiger partial charge in [-0.2, -0.15) is 0 Å². The molecule has 0 saturated carbocycles. The topological polar surface area (TPSA) is 67.4 Å². The molecule has 3 rings (SSSR count). The Morgan fingerprint density at radius 2 is 1.52 bits per heavy atom. The van der Waals surface area contributed by atoms with Crippen molar-refractivity contribution in [2.45, 2.75) is 20.3 Å². The first-order valence-corrected chi connectivity index (χ1v) is 8.77. The molecule has 0 atom stereocenters. The molecule has 0 saturated heterocycles. The number of fused-ring (bicyclic) bond motifs is 1.